The van der Waals surface area contributed by atoms with Gasteiger partial charge in [-0.05, 0) is 19.1 Å². The Morgan fingerprint density at radius 3 is 2.57 bits per heavy atom. The fraction of sp³-hybridized carbons (Fsp3) is 0.333. The van der Waals surface area contributed by atoms with Crippen molar-refractivity contribution >= 4 is 46.7 Å². The molecule has 0 radical (unpaired) electrons. The number of aryl methyl sites for hydroxylation is 2. The summed E-state index contributed by atoms with van der Waals surface area (Å²) in [6.07, 6.45) is 0.827. The number of oxazole rings is 1. The second kappa shape index (κ2) is 10.6. The summed E-state index contributed by atoms with van der Waals surface area (Å²) in [6, 6.07) is 7.85. The van der Waals surface area contributed by atoms with Gasteiger partial charge in [0.25, 0.3) is 0 Å². The average molecular weight is 425 g/mol. The van der Waals surface area contributed by atoms with Gasteiger partial charge < -0.3 is 15.5 Å². The molecule has 2 aromatic rings. The van der Waals surface area contributed by atoms with Crippen molar-refractivity contribution in [2.45, 2.75) is 19.8 Å². The fourth-order valence-corrected chi connectivity index (χ4v) is 2.21. The van der Waals surface area contributed by atoms with Gasteiger partial charge in [0.05, 0.1) is 5.69 Å². The van der Waals surface area contributed by atoms with Crippen molar-refractivity contribution in [3.05, 3.63) is 40.3 Å². The Labute approximate surface area is 156 Å². The van der Waals surface area contributed by atoms with E-state index in [-0.39, 0.29) is 30.7 Å². The van der Waals surface area contributed by atoms with E-state index in [1.54, 1.807) is 0 Å². The van der Waals surface area contributed by atoms with E-state index in [1.807, 2.05) is 31.2 Å². The molecule has 128 valence electrons. The highest BCUT2D eigenvalue weighted by atomic mass is 79.9. The van der Waals surface area contributed by atoms with Crippen LogP contribution in [0.25, 0.3) is 11.3 Å². The molecule has 0 bridgehead atoms. The predicted molar refractivity (Wildman–Crippen MR) is 99.3 cm³/mol. The zero-order chi connectivity index (χ0) is 15.2. The Hall–Kier alpha value is -1.08. The Balaban J connectivity index is 0.00000242. The van der Waals surface area contributed by atoms with Crippen molar-refractivity contribution in [3.63, 3.8) is 0 Å². The van der Waals surface area contributed by atoms with Gasteiger partial charge in [-0.1, -0.05) is 28.1 Å². The molecule has 0 spiro atoms. The van der Waals surface area contributed by atoms with E-state index in [0.29, 0.717) is 31.8 Å². The Bertz CT molecular complexity index is 618. The highest BCUT2D eigenvalue weighted by Gasteiger charge is 2.12. The van der Waals surface area contributed by atoms with E-state index >= 15 is 0 Å². The maximum absolute atomic E-state index is 11.5. The smallest absolute Gasteiger partial charge is 0.220 e. The summed E-state index contributed by atoms with van der Waals surface area (Å²) in [5.74, 6) is 1.29. The van der Waals surface area contributed by atoms with Crippen LogP contribution in [0.2, 0.25) is 0 Å². The lowest BCUT2D eigenvalue weighted by atomic mass is 10.1. The van der Waals surface area contributed by atoms with E-state index in [1.165, 1.54) is 0 Å². The predicted octanol–water partition coefficient (Wildman–Crippen LogP) is 3.26. The number of benzene rings is 1. The van der Waals surface area contributed by atoms with E-state index in [9.17, 15) is 4.79 Å². The zero-order valence-electron chi connectivity index (χ0n) is 12.7. The molecule has 23 heavy (non-hydrogen) atoms. The number of rotatable bonds is 6. The van der Waals surface area contributed by atoms with Crippen LogP contribution in [-0.2, 0) is 11.2 Å². The summed E-state index contributed by atoms with van der Waals surface area (Å²) in [6.45, 7) is 2.84. The molecule has 1 heterocycles. The molecule has 0 saturated heterocycles. The quantitative estimate of drug-likeness (QED) is 0.745. The third-order valence-corrected chi connectivity index (χ3v) is 3.51. The fourth-order valence-electron chi connectivity index (χ4n) is 1.95. The van der Waals surface area contributed by atoms with Gasteiger partial charge in [0.15, 0.2) is 11.7 Å². The number of hydrogen-bond acceptors (Lipinski definition) is 4. The maximum Gasteiger partial charge on any atom is 0.220 e. The van der Waals surface area contributed by atoms with Gasteiger partial charge >= 0.3 is 0 Å². The van der Waals surface area contributed by atoms with Crippen LogP contribution in [0.15, 0.2) is 33.2 Å². The van der Waals surface area contributed by atoms with Gasteiger partial charge in [-0.25, -0.2) is 4.98 Å². The largest absolute Gasteiger partial charge is 0.440 e. The van der Waals surface area contributed by atoms with E-state index in [2.05, 4.69) is 26.2 Å². The van der Waals surface area contributed by atoms with Gasteiger partial charge in [0, 0.05) is 36.0 Å². The van der Waals surface area contributed by atoms with Gasteiger partial charge in [0.1, 0.15) is 0 Å². The molecule has 8 heteroatoms. The Morgan fingerprint density at radius 1 is 1.30 bits per heavy atom. The number of carbonyl (C=O) groups is 1. The normalized spacial score (nSPS) is 9.70. The van der Waals surface area contributed by atoms with Gasteiger partial charge in [-0.2, -0.15) is 0 Å². The number of nitrogens with zero attached hydrogens (tertiary/aromatic N) is 1. The van der Waals surface area contributed by atoms with Crippen LogP contribution in [0, 0.1) is 6.92 Å². The molecular formula is C15H20BrCl2N3O2. The summed E-state index contributed by atoms with van der Waals surface area (Å²) in [5.41, 5.74) is 7.14. The molecule has 5 nitrogen and oxygen atoms in total. The van der Waals surface area contributed by atoms with Gasteiger partial charge in [-0.15, -0.1) is 24.8 Å². The lowest BCUT2D eigenvalue weighted by molar-refractivity contribution is -0.121. The highest BCUT2D eigenvalue weighted by molar-refractivity contribution is 9.10. The first kappa shape index (κ1) is 21.9. The third kappa shape index (κ3) is 6.51. The standard InChI is InChI=1S/C15H18BrN3O2.2ClH/c1-10-15(11-2-4-12(16)5-3-11)21-14(19-10)7-6-13(20)18-9-8-17;;/h2-5H,6-9,17H2,1H3,(H,18,20);2*1H. The number of nitrogens with one attached hydrogen (secondary N) is 1. The summed E-state index contributed by atoms with van der Waals surface area (Å²) >= 11 is 3.40. The number of hydrogen-bond donors (Lipinski definition) is 2. The molecule has 1 aromatic heterocycles. The highest BCUT2D eigenvalue weighted by Crippen LogP contribution is 2.26. The third-order valence-electron chi connectivity index (χ3n) is 2.98. The van der Waals surface area contributed by atoms with Crippen LogP contribution in [0.1, 0.15) is 18.0 Å². The summed E-state index contributed by atoms with van der Waals surface area (Å²) < 4.78 is 6.78. The maximum atomic E-state index is 11.5. The SMILES string of the molecule is Cc1nc(CCC(=O)NCCN)oc1-c1ccc(Br)cc1.Cl.Cl. The van der Waals surface area contributed by atoms with E-state index in [0.717, 1.165) is 21.5 Å². The Kier molecular flexibility index (Phi) is 10.1. The van der Waals surface area contributed by atoms with Gasteiger partial charge in [-0.3, -0.25) is 4.79 Å². The first-order chi connectivity index (χ1) is 10.1. The Morgan fingerprint density at radius 2 is 1.96 bits per heavy atom. The summed E-state index contributed by atoms with van der Waals surface area (Å²) in [4.78, 5) is 15.9. The topological polar surface area (TPSA) is 81.2 Å². The van der Waals surface area contributed by atoms with Crippen LogP contribution in [0.4, 0.5) is 0 Å². The number of nitrogens with two attached hydrogens (primary N) is 1. The summed E-state index contributed by atoms with van der Waals surface area (Å²) in [7, 11) is 0. The minimum Gasteiger partial charge on any atom is -0.440 e. The zero-order valence-corrected chi connectivity index (χ0v) is 15.9. The molecule has 2 rings (SSSR count). The van der Waals surface area contributed by atoms with Crippen LogP contribution < -0.4 is 11.1 Å². The van der Waals surface area contributed by atoms with Gasteiger partial charge in [0.2, 0.25) is 5.91 Å². The number of carbonyl (C=O) groups excluding carboxylic acids is 1. The van der Waals surface area contributed by atoms with Crippen LogP contribution in [0.5, 0.6) is 0 Å². The minimum absolute atomic E-state index is 0. The van der Waals surface area contributed by atoms with Crippen molar-refractivity contribution in [2.75, 3.05) is 13.1 Å². The average Bonchev–Trinajstić information content (AvgIpc) is 2.85. The van der Waals surface area contributed by atoms with Crippen LogP contribution >= 0.6 is 40.7 Å². The first-order valence-electron chi connectivity index (χ1n) is 6.79. The number of amides is 1. The minimum atomic E-state index is -0.0403. The second-order valence-corrected chi connectivity index (χ2v) is 5.58. The van der Waals surface area contributed by atoms with E-state index < -0.39 is 0 Å². The monoisotopic (exact) mass is 423 g/mol. The van der Waals surface area contributed by atoms with Crippen LogP contribution in [0.3, 0.4) is 0 Å². The number of halogens is 3. The molecule has 0 aliphatic carbocycles. The lowest BCUT2D eigenvalue weighted by Gasteiger charge is -2.01. The molecule has 0 saturated carbocycles. The van der Waals surface area contributed by atoms with Crippen molar-refractivity contribution in [1.82, 2.24) is 10.3 Å². The molecule has 0 unspecified atom stereocenters. The molecule has 1 amide bonds. The molecule has 0 fully saturated rings. The van der Waals surface area contributed by atoms with Crippen LogP contribution in [-0.4, -0.2) is 24.0 Å². The molecule has 0 atom stereocenters. The van der Waals surface area contributed by atoms with Crippen molar-refractivity contribution in [3.8, 4) is 11.3 Å². The molecular weight excluding hydrogens is 405 g/mol. The summed E-state index contributed by atoms with van der Waals surface area (Å²) in [5, 5.41) is 2.72. The van der Waals surface area contributed by atoms with Crippen molar-refractivity contribution < 1.29 is 9.21 Å². The van der Waals surface area contributed by atoms with E-state index in [4.69, 9.17) is 10.2 Å². The molecule has 0 aliphatic rings. The molecule has 1 aromatic carbocycles. The second-order valence-electron chi connectivity index (χ2n) is 4.67. The molecule has 0 aliphatic heterocycles. The van der Waals surface area contributed by atoms with Crippen molar-refractivity contribution in [2.24, 2.45) is 5.73 Å². The lowest BCUT2D eigenvalue weighted by Crippen LogP contribution is -2.29. The van der Waals surface area contributed by atoms with Crippen molar-refractivity contribution in [1.29, 1.82) is 0 Å². The molecule has 3 N–H and O–H groups in total. The first-order valence-corrected chi connectivity index (χ1v) is 7.58. The number of aromatic nitrogens is 1.